The highest BCUT2D eigenvalue weighted by atomic mass is 32.1. The van der Waals surface area contributed by atoms with Crippen molar-refractivity contribution in [2.75, 3.05) is 0 Å². The van der Waals surface area contributed by atoms with E-state index in [2.05, 4.69) is 9.59 Å². The maximum atomic E-state index is 11.8. The van der Waals surface area contributed by atoms with Crippen LogP contribution in [0.3, 0.4) is 0 Å². The fourth-order valence-corrected chi connectivity index (χ4v) is 1.04. The molecule has 1 aromatic heterocycles. The van der Waals surface area contributed by atoms with Crippen molar-refractivity contribution in [1.29, 1.82) is 0 Å². The molecule has 1 aromatic rings. The normalized spacial score (nSPS) is 12.0. The number of aromatic nitrogens is 2. The number of hydrogen-bond donors (Lipinski definition) is 0. The summed E-state index contributed by atoms with van der Waals surface area (Å²) in [5.74, 6) is 0. The molecule has 0 aromatic carbocycles. The molecule has 0 spiro atoms. The van der Waals surface area contributed by atoms with Crippen LogP contribution in [0.25, 0.3) is 0 Å². The molecule has 0 fully saturated rings. The van der Waals surface area contributed by atoms with Gasteiger partial charge in [-0.15, -0.1) is 5.10 Å². The van der Waals surface area contributed by atoms with Crippen molar-refractivity contribution in [2.45, 2.75) is 12.9 Å². The molecule has 11 heavy (non-hydrogen) atoms. The average Bonchev–Trinajstić information content (AvgIpc) is 2.31. The monoisotopic (exact) mass is 186 g/mol. The van der Waals surface area contributed by atoms with E-state index in [0.717, 1.165) is 0 Å². The summed E-state index contributed by atoms with van der Waals surface area (Å²) in [7, 11) is 0. The molecule has 1 rings (SSSR count). The highest BCUT2D eigenvalue weighted by Gasteiger charge is 2.36. The summed E-state index contributed by atoms with van der Waals surface area (Å²) >= 11 is 0.155. The number of nitrogens with zero attached hydrogens (tertiary/aromatic N) is 2. The van der Waals surface area contributed by atoms with E-state index in [1.165, 1.54) is 0 Å². The van der Waals surface area contributed by atoms with Crippen LogP contribution >= 0.6 is 11.5 Å². The van der Waals surface area contributed by atoms with E-state index in [1.807, 2.05) is 0 Å². The van der Waals surface area contributed by atoms with Crippen LogP contribution in [0, 0.1) is 0 Å². The zero-order chi connectivity index (χ0) is 8.48. The first-order valence-corrected chi connectivity index (χ1v) is 3.27. The Balaban J connectivity index is 3.02. The molecule has 62 valence electrons. The number of alkyl halides is 4. The van der Waals surface area contributed by atoms with Gasteiger partial charge in [-0.3, -0.25) is 0 Å². The Bertz CT molecular complexity index is 242. The van der Waals surface area contributed by atoms with Crippen LogP contribution < -0.4 is 0 Å². The highest BCUT2D eigenvalue weighted by molar-refractivity contribution is 7.05. The van der Waals surface area contributed by atoms with Gasteiger partial charge in [-0.1, -0.05) is 4.49 Å². The lowest BCUT2D eigenvalue weighted by Gasteiger charge is -2.01. The zero-order valence-corrected chi connectivity index (χ0v) is 5.84. The SMILES string of the molecule is FCc1nnsc1C(F)(F)F. The Kier molecular flexibility index (Phi) is 2.08. The number of rotatable bonds is 1. The first-order chi connectivity index (χ1) is 5.05. The molecule has 0 aliphatic rings. The molecular formula is C4H2F4N2S. The van der Waals surface area contributed by atoms with E-state index >= 15 is 0 Å². The van der Waals surface area contributed by atoms with Crippen LogP contribution in [-0.4, -0.2) is 9.59 Å². The van der Waals surface area contributed by atoms with Gasteiger partial charge in [0.2, 0.25) is 0 Å². The zero-order valence-electron chi connectivity index (χ0n) is 5.02. The van der Waals surface area contributed by atoms with Crippen molar-refractivity contribution in [1.82, 2.24) is 9.59 Å². The van der Waals surface area contributed by atoms with E-state index < -0.39 is 23.4 Å². The minimum atomic E-state index is -4.53. The van der Waals surface area contributed by atoms with Gasteiger partial charge in [-0.05, 0) is 11.5 Å². The van der Waals surface area contributed by atoms with Crippen molar-refractivity contribution >= 4 is 11.5 Å². The molecule has 0 saturated heterocycles. The largest absolute Gasteiger partial charge is 0.429 e. The molecule has 0 atom stereocenters. The van der Waals surface area contributed by atoms with Crippen LogP contribution in [-0.2, 0) is 12.9 Å². The summed E-state index contributed by atoms with van der Waals surface area (Å²) in [6.45, 7) is -1.23. The van der Waals surface area contributed by atoms with Crippen LogP contribution in [0.1, 0.15) is 10.6 Å². The molecular weight excluding hydrogens is 184 g/mol. The van der Waals surface area contributed by atoms with E-state index in [1.54, 1.807) is 0 Å². The molecule has 0 amide bonds. The second-order valence-electron chi connectivity index (χ2n) is 1.68. The lowest BCUT2D eigenvalue weighted by atomic mass is 10.4. The quantitative estimate of drug-likeness (QED) is 0.627. The Morgan fingerprint density at radius 2 is 2.00 bits per heavy atom. The van der Waals surface area contributed by atoms with Gasteiger partial charge in [0, 0.05) is 0 Å². The van der Waals surface area contributed by atoms with Crippen molar-refractivity contribution in [2.24, 2.45) is 0 Å². The summed E-state index contributed by atoms with van der Waals surface area (Å²) in [6.07, 6.45) is -4.53. The van der Waals surface area contributed by atoms with Gasteiger partial charge in [0.05, 0.1) is 0 Å². The van der Waals surface area contributed by atoms with E-state index in [-0.39, 0.29) is 11.5 Å². The van der Waals surface area contributed by atoms with E-state index in [9.17, 15) is 17.6 Å². The predicted molar refractivity (Wildman–Crippen MR) is 29.7 cm³/mol. The number of halogens is 4. The standard InChI is InChI=1S/C4H2F4N2S/c5-1-2-3(4(6,7)8)11-10-9-2/h1H2. The third-order valence-corrected chi connectivity index (χ3v) is 1.75. The molecule has 2 nitrogen and oxygen atoms in total. The summed E-state index contributed by atoms with van der Waals surface area (Å²) in [5.41, 5.74) is -0.637. The molecule has 0 unspecified atom stereocenters. The van der Waals surface area contributed by atoms with Gasteiger partial charge >= 0.3 is 6.18 Å². The average molecular weight is 186 g/mol. The predicted octanol–water partition coefficient (Wildman–Crippen LogP) is 2.03. The smallest absolute Gasteiger partial charge is 0.244 e. The Hall–Kier alpha value is -0.720. The fraction of sp³-hybridized carbons (Fsp3) is 0.500. The van der Waals surface area contributed by atoms with Crippen molar-refractivity contribution in [3.05, 3.63) is 10.6 Å². The topological polar surface area (TPSA) is 25.8 Å². The minimum Gasteiger partial charge on any atom is -0.244 e. The van der Waals surface area contributed by atoms with Gasteiger partial charge in [0.1, 0.15) is 12.4 Å². The molecule has 0 aliphatic heterocycles. The van der Waals surface area contributed by atoms with Crippen molar-refractivity contribution in [3.63, 3.8) is 0 Å². The van der Waals surface area contributed by atoms with Crippen molar-refractivity contribution < 1.29 is 17.6 Å². The molecule has 7 heteroatoms. The Morgan fingerprint density at radius 1 is 1.36 bits per heavy atom. The highest BCUT2D eigenvalue weighted by Crippen LogP contribution is 2.33. The molecule has 1 heterocycles. The van der Waals surface area contributed by atoms with Crippen LogP contribution in [0.4, 0.5) is 17.6 Å². The van der Waals surface area contributed by atoms with E-state index in [4.69, 9.17) is 0 Å². The van der Waals surface area contributed by atoms with Gasteiger partial charge < -0.3 is 0 Å². The Morgan fingerprint density at radius 3 is 2.36 bits per heavy atom. The summed E-state index contributed by atoms with van der Waals surface area (Å²) < 4.78 is 50.2. The van der Waals surface area contributed by atoms with Gasteiger partial charge in [0.25, 0.3) is 0 Å². The summed E-state index contributed by atoms with van der Waals surface area (Å²) in [5, 5.41) is 2.97. The lowest BCUT2D eigenvalue weighted by Crippen LogP contribution is -2.05. The lowest BCUT2D eigenvalue weighted by molar-refractivity contribution is -0.135. The minimum absolute atomic E-state index is 0.155. The second-order valence-corrected chi connectivity index (χ2v) is 2.43. The third-order valence-electron chi connectivity index (χ3n) is 0.940. The van der Waals surface area contributed by atoms with Gasteiger partial charge in [0.15, 0.2) is 4.88 Å². The van der Waals surface area contributed by atoms with Gasteiger partial charge in [-0.25, -0.2) is 4.39 Å². The molecule has 0 aliphatic carbocycles. The van der Waals surface area contributed by atoms with Crippen LogP contribution in [0.5, 0.6) is 0 Å². The maximum Gasteiger partial charge on any atom is 0.429 e. The second kappa shape index (κ2) is 2.72. The fourth-order valence-electron chi connectivity index (χ4n) is 0.511. The van der Waals surface area contributed by atoms with E-state index in [0.29, 0.717) is 0 Å². The number of hydrogen-bond acceptors (Lipinski definition) is 3. The van der Waals surface area contributed by atoms with Crippen LogP contribution in [0.15, 0.2) is 0 Å². The summed E-state index contributed by atoms with van der Waals surface area (Å²) in [4.78, 5) is -1.06. The first kappa shape index (κ1) is 8.38. The molecule has 0 bridgehead atoms. The molecule has 0 radical (unpaired) electrons. The maximum absolute atomic E-state index is 11.8. The third kappa shape index (κ3) is 1.65. The first-order valence-electron chi connectivity index (χ1n) is 2.50. The van der Waals surface area contributed by atoms with Crippen LogP contribution in [0.2, 0.25) is 0 Å². The molecule has 0 saturated carbocycles. The Labute approximate surface area is 63.0 Å². The summed E-state index contributed by atoms with van der Waals surface area (Å²) in [6, 6.07) is 0. The van der Waals surface area contributed by atoms with Gasteiger partial charge in [-0.2, -0.15) is 13.2 Å². The molecule has 0 N–H and O–H groups in total. The van der Waals surface area contributed by atoms with Crippen molar-refractivity contribution in [3.8, 4) is 0 Å².